The maximum atomic E-state index is 13.5. The Morgan fingerprint density at radius 1 is 1.00 bits per heavy atom. The van der Waals surface area contributed by atoms with Crippen molar-refractivity contribution >= 4 is 12.0 Å². The van der Waals surface area contributed by atoms with Gasteiger partial charge in [0.25, 0.3) is 0 Å². The van der Waals surface area contributed by atoms with E-state index < -0.39 is 11.0 Å². The summed E-state index contributed by atoms with van der Waals surface area (Å²) in [7, 11) is 1.62. The first-order valence-electron chi connectivity index (χ1n) is 10.7. The molecule has 0 unspecified atom stereocenters. The Hall–Kier alpha value is -3.02. The standard InChI is InChI=1S/C25H32N2O4/c1-24(2,3)31-23(29)27-16-14-25(15-17-27,20-11-6-5-7-12-20)22(28)26-18-19-10-8-9-13-21(19)30-4/h5-13H,14-18H2,1-4H3,(H,26,28). The summed E-state index contributed by atoms with van der Waals surface area (Å²) < 4.78 is 10.9. The monoisotopic (exact) mass is 424 g/mol. The lowest BCUT2D eigenvalue weighted by Gasteiger charge is -2.41. The molecule has 2 aromatic carbocycles. The fraction of sp³-hybridized carbons (Fsp3) is 0.440. The average molecular weight is 425 g/mol. The number of para-hydroxylation sites is 1. The van der Waals surface area contributed by atoms with E-state index in [9.17, 15) is 9.59 Å². The minimum absolute atomic E-state index is 0.0338. The number of amides is 2. The average Bonchev–Trinajstić information content (AvgIpc) is 2.77. The normalized spacial score (nSPS) is 15.8. The van der Waals surface area contributed by atoms with Crippen molar-refractivity contribution in [3.63, 3.8) is 0 Å². The van der Waals surface area contributed by atoms with E-state index in [1.54, 1.807) is 12.0 Å². The summed E-state index contributed by atoms with van der Waals surface area (Å²) in [5, 5.41) is 3.11. The highest BCUT2D eigenvalue weighted by molar-refractivity contribution is 5.88. The number of methoxy groups -OCH3 is 1. The van der Waals surface area contributed by atoms with Gasteiger partial charge in [-0.2, -0.15) is 0 Å². The molecule has 31 heavy (non-hydrogen) atoms. The van der Waals surface area contributed by atoms with Crippen LogP contribution in [0.15, 0.2) is 54.6 Å². The second-order valence-electron chi connectivity index (χ2n) is 8.91. The zero-order valence-corrected chi connectivity index (χ0v) is 18.8. The van der Waals surface area contributed by atoms with E-state index >= 15 is 0 Å². The molecule has 0 atom stereocenters. The van der Waals surface area contributed by atoms with Crippen molar-refractivity contribution in [2.75, 3.05) is 20.2 Å². The van der Waals surface area contributed by atoms with Gasteiger partial charge in [0.05, 0.1) is 12.5 Å². The second-order valence-corrected chi connectivity index (χ2v) is 8.91. The number of benzene rings is 2. The number of ether oxygens (including phenoxy) is 2. The van der Waals surface area contributed by atoms with Gasteiger partial charge in [0.15, 0.2) is 0 Å². The highest BCUT2D eigenvalue weighted by Crippen LogP contribution is 2.36. The van der Waals surface area contributed by atoms with Gasteiger partial charge in [0.2, 0.25) is 5.91 Å². The first kappa shape index (κ1) is 22.7. The predicted molar refractivity (Wildman–Crippen MR) is 120 cm³/mol. The number of likely N-dealkylation sites (tertiary alicyclic amines) is 1. The third-order valence-corrected chi connectivity index (χ3v) is 5.66. The van der Waals surface area contributed by atoms with Crippen LogP contribution < -0.4 is 10.1 Å². The van der Waals surface area contributed by atoms with E-state index in [0.29, 0.717) is 32.5 Å². The van der Waals surface area contributed by atoms with Gasteiger partial charge in [-0.15, -0.1) is 0 Å². The summed E-state index contributed by atoms with van der Waals surface area (Å²) in [6, 6.07) is 17.5. The van der Waals surface area contributed by atoms with Crippen LogP contribution in [0.5, 0.6) is 5.75 Å². The minimum atomic E-state index is -0.693. The lowest BCUT2D eigenvalue weighted by molar-refractivity contribution is -0.129. The quantitative estimate of drug-likeness (QED) is 0.778. The fourth-order valence-electron chi connectivity index (χ4n) is 4.00. The molecule has 0 spiro atoms. The van der Waals surface area contributed by atoms with Crippen LogP contribution in [0.4, 0.5) is 4.79 Å². The smallest absolute Gasteiger partial charge is 0.410 e. The van der Waals surface area contributed by atoms with Gasteiger partial charge in [0.1, 0.15) is 11.4 Å². The Kier molecular flexibility index (Phi) is 6.88. The number of carbonyl (C=O) groups is 2. The summed E-state index contributed by atoms with van der Waals surface area (Å²) in [4.78, 5) is 27.7. The summed E-state index contributed by atoms with van der Waals surface area (Å²) in [6.45, 7) is 6.88. The molecule has 3 rings (SSSR count). The van der Waals surface area contributed by atoms with Crippen LogP contribution >= 0.6 is 0 Å². The highest BCUT2D eigenvalue weighted by atomic mass is 16.6. The zero-order chi connectivity index (χ0) is 22.5. The number of rotatable bonds is 5. The molecule has 1 heterocycles. The number of carbonyl (C=O) groups excluding carboxylic acids is 2. The second kappa shape index (κ2) is 9.41. The Morgan fingerprint density at radius 2 is 1.61 bits per heavy atom. The SMILES string of the molecule is COc1ccccc1CNC(=O)C1(c2ccccc2)CCN(C(=O)OC(C)(C)C)CC1. The maximum absolute atomic E-state index is 13.5. The molecule has 6 nitrogen and oxygen atoms in total. The highest BCUT2D eigenvalue weighted by Gasteiger charge is 2.44. The van der Waals surface area contributed by atoms with Crippen molar-refractivity contribution in [1.82, 2.24) is 10.2 Å². The van der Waals surface area contributed by atoms with E-state index in [1.807, 2.05) is 75.4 Å². The zero-order valence-electron chi connectivity index (χ0n) is 18.8. The van der Waals surface area contributed by atoms with Gasteiger partial charge in [-0.3, -0.25) is 4.79 Å². The molecule has 1 fully saturated rings. The Balaban J connectivity index is 1.77. The lowest BCUT2D eigenvalue weighted by Crippen LogP contribution is -2.53. The van der Waals surface area contributed by atoms with Crippen molar-refractivity contribution < 1.29 is 19.1 Å². The van der Waals surface area contributed by atoms with Crippen LogP contribution in [0, 0.1) is 0 Å². The van der Waals surface area contributed by atoms with Crippen molar-refractivity contribution in [1.29, 1.82) is 0 Å². The molecule has 1 saturated heterocycles. The van der Waals surface area contributed by atoms with E-state index in [1.165, 1.54) is 0 Å². The molecule has 0 radical (unpaired) electrons. The molecule has 1 N–H and O–H groups in total. The van der Waals surface area contributed by atoms with E-state index in [4.69, 9.17) is 9.47 Å². The molecule has 0 aromatic heterocycles. The number of hydrogen-bond donors (Lipinski definition) is 1. The van der Waals surface area contributed by atoms with E-state index in [-0.39, 0.29) is 12.0 Å². The maximum Gasteiger partial charge on any atom is 0.410 e. The number of nitrogens with one attached hydrogen (secondary N) is 1. The lowest BCUT2D eigenvalue weighted by atomic mass is 9.72. The first-order valence-corrected chi connectivity index (χ1v) is 10.7. The van der Waals surface area contributed by atoms with Crippen LogP contribution in [-0.2, 0) is 21.5 Å². The summed E-state index contributed by atoms with van der Waals surface area (Å²) in [6.07, 6.45) is 0.741. The molecule has 2 amide bonds. The molecule has 1 aliphatic heterocycles. The van der Waals surface area contributed by atoms with Gasteiger partial charge in [-0.25, -0.2) is 4.79 Å². The Morgan fingerprint density at radius 3 is 2.23 bits per heavy atom. The predicted octanol–water partition coefficient (Wildman–Crippen LogP) is 4.28. The van der Waals surface area contributed by atoms with E-state index in [2.05, 4.69) is 5.32 Å². The molecule has 0 saturated carbocycles. The Bertz CT molecular complexity index is 897. The summed E-state index contributed by atoms with van der Waals surface area (Å²) >= 11 is 0. The van der Waals surface area contributed by atoms with Crippen molar-refractivity contribution in [3.8, 4) is 5.75 Å². The van der Waals surface area contributed by atoms with Crippen molar-refractivity contribution in [3.05, 3.63) is 65.7 Å². The number of nitrogens with zero attached hydrogens (tertiary/aromatic N) is 1. The molecular weight excluding hydrogens is 392 g/mol. The van der Waals surface area contributed by atoms with Gasteiger partial charge in [0, 0.05) is 25.2 Å². The van der Waals surface area contributed by atoms with Gasteiger partial charge < -0.3 is 19.7 Å². The molecule has 6 heteroatoms. The van der Waals surface area contributed by atoms with Crippen molar-refractivity contribution in [2.45, 2.75) is 51.2 Å². The van der Waals surface area contributed by atoms with E-state index in [0.717, 1.165) is 16.9 Å². The van der Waals surface area contributed by atoms with Gasteiger partial charge in [-0.1, -0.05) is 48.5 Å². The van der Waals surface area contributed by atoms with Crippen LogP contribution in [-0.4, -0.2) is 42.7 Å². The molecule has 2 aromatic rings. The minimum Gasteiger partial charge on any atom is -0.496 e. The number of hydrogen-bond acceptors (Lipinski definition) is 4. The molecule has 0 aliphatic carbocycles. The van der Waals surface area contributed by atoms with Crippen LogP contribution in [0.2, 0.25) is 0 Å². The largest absolute Gasteiger partial charge is 0.496 e. The molecule has 1 aliphatic rings. The Labute approximate surface area is 184 Å². The molecule has 166 valence electrons. The number of piperidine rings is 1. The van der Waals surface area contributed by atoms with Gasteiger partial charge in [-0.05, 0) is 45.2 Å². The summed E-state index contributed by atoms with van der Waals surface area (Å²) in [5.41, 5.74) is 0.656. The topological polar surface area (TPSA) is 67.9 Å². The molecule has 0 bridgehead atoms. The summed E-state index contributed by atoms with van der Waals surface area (Å²) in [5.74, 6) is 0.713. The first-order chi connectivity index (χ1) is 14.7. The van der Waals surface area contributed by atoms with Crippen LogP contribution in [0.3, 0.4) is 0 Å². The van der Waals surface area contributed by atoms with Crippen molar-refractivity contribution in [2.24, 2.45) is 0 Å². The van der Waals surface area contributed by atoms with Crippen LogP contribution in [0.25, 0.3) is 0 Å². The molecular formula is C25H32N2O4. The van der Waals surface area contributed by atoms with Gasteiger partial charge >= 0.3 is 6.09 Å². The third kappa shape index (κ3) is 5.37. The third-order valence-electron chi connectivity index (χ3n) is 5.66. The fourth-order valence-corrected chi connectivity index (χ4v) is 4.00. The van der Waals surface area contributed by atoms with Crippen LogP contribution in [0.1, 0.15) is 44.7 Å².